The van der Waals surface area contributed by atoms with Gasteiger partial charge in [0.15, 0.2) is 16.5 Å². The number of nitrogens with two attached hydrogens (primary N) is 1. The Morgan fingerprint density at radius 2 is 2.00 bits per heavy atom. The number of sulfone groups is 1. The minimum absolute atomic E-state index is 0.150. The maximum absolute atomic E-state index is 13.2. The van der Waals surface area contributed by atoms with Crippen LogP contribution in [0.5, 0.6) is 0 Å². The number of benzene rings is 1. The molecule has 0 aliphatic carbocycles. The molecule has 0 saturated heterocycles. The van der Waals surface area contributed by atoms with Crippen LogP contribution in [0.25, 0.3) is 0 Å². The van der Waals surface area contributed by atoms with Crippen LogP contribution in [0.4, 0.5) is 11.6 Å². The van der Waals surface area contributed by atoms with Crippen LogP contribution < -0.4 is 16.4 Å². The van der Waals surface area contributed by atoms with Crippen molar-refractivity contribution in [3.63, 3.8) is 0 Å². The highest BCUT2D eigenvalue weighted by Crippen LogP contribution is 2.41. The SMILES string of the molecule is CNc1nn2c(c1S(=O)(=O)c1ccccc1)NC(C)=CC2(C)CCN. The van der Waals surface area contributed by atoms with E-state index in [-0.39, 0.29) is 9.79 Å². The van der Waals surface area contributed by atoms with Gasteiger partial charge in [0.2, 0.25) is 9.84 Å². The number of rotatable bonds is 5. The van der Waals surface area contributed by atoms with E-state index in [4.69, 9.17) is 5.73 Å². The summed E-state index contributed by atoms with van der Waals surface area (Å²) in [4.78, 5) is 0.383. The molecule has 0 fully saturated rings. The fourth-order valence-electron chi connectivity index (χ4n) is 3.24. The van der Waals surface area contributed by atoms with Gasteiger partial charge in [-0.15, -0.1) is 0 Å². The lowest BCUT2D eigenvalue weighted by molar-refractivity contribution is 0.344. The molecule has 0 bridgehead atoms. The van der Waals surface area contributed by atoms with Gasteiger partial charge in [0.1, 0.15) is 0 Å². The van der Waals surface area contributed by atoms with Crippen molar-refractivity contribution in [2.24, 2.45) is 5.73 Å². The van der Waals surface area contributed by atoms with Crippen LogP contribution in [-0.2, 0) is 15.4 Å². The molecule has 25 heavy (non-hydrogen) atoms. The van der Waals surface area contributed by atoms with Gasteiger partial charge in [-0.3, -0.25) is 0 Å². The Morgan fingerprint density at radius 1 is 1.32 bits per heavy atom. The fourth-order valence-corrected chi connectivity index (χ4v) is 4.78. The van der Waals surface area contributed by atoms with E-state index in [1.165, 1.54) is 0 Å². The van der Waals surface area contributed by atoms with E-state index >= 15 is 0 Å². The van der Waals surface area contributed by atoms with E-state index < -0.39 is 15.4 Å². The predicted molar refractivity (Wildman–Crippen MR) is 98.4 cm³/mol. The smallest absolute Gasteiger partial charge is 0.213 e. The van der Waals surface area contributed by atoms with E-state index in [0.29, 0.717) is 24.6 Å². The zero-order chi connectivity index (χ0) is 18.2. The molecule has 8 heteroatoms. The van der Waals surface area contributed by atoms with Gasteiger partial charge < -0.3 is 16.4 Å². The van der Waals surface area contributed by atoms with Gasteiger partial charge in [0.05, 0.1) is 10.4 Å². The van der Waals surface area contributed by atoms with E-state index in [1.54, 1.807) is 42.1 Å². The van der Waals surface area contributed by atoms with Crippen LogP contribution in [0.3, 0.4) is 0 Å². The molecule has 2 heterocycles. The first-order chi connectivity index (χ1) is 11.8. The Balaban J connectivity index is 2.26. The normalized spacial score (nSPS) is 19.8. The average molecular weight is 361 g/mol. The molecule has 0 saturated carbocycles. The molecule has 2 aromatic rings. The van der Waals surface area contributed by atoms with Crippen LogP contribution in [-0.4, -0.2) is 31.8 Å². The molecule has 1 unspecified atom stereocenters. The maximum Gasteiger partial charge on any atom is 0.213 e. The molecule has 1 aromatic carbocycles. The molecule has 7 nitrogen and oxygen atoms in total. The highest BCUT2D eigenvalue weighted by atomic mass is 32.2. The lowest BCUT2D eigenvalue weighted by Crippen LogP contribution is -2.36. The van der Waals surface area contributed by atoms with Crippen LogP contribution in [0, 0.1) is 0 Å². The fraction of sp³-hybridized carbons (Fsp3) is 0.353. The number of aromatic nitrogens is 2. The summed E-state index contributed by atoms with van der Waals surface area (Å²) in [5.74, 6) is 0.779. The van der Waals surface area contributed by atoms with Gasteiger partial charge in [0, 0.05) is 12.7 Å². The van der Waals surface area contributed by atoms with E-state index in [0.717, 1.165) is 5.70 Å². The van der Waals surface area contributed by atoms with Crippen molar-refractivity contribution in [3.8, 4) is 0 Å². The number of fused-ring (bicyclic) bond motifs is 1. The Morgan fingerprint density at radius 3 is 2.60 bits per heavy atom. The molecular formula is C17H23N5O2S. The molecular weight excluding hydrogens is 338 g/mol. The van der Waals surface area contributed by atoms with Crippen molar-refractivity contribution >= 4 is 21.5 Å². The van der Waals surface area contributed by atoms with Gasteiger partial charge in [-0.2, -0.15) is 5.10 Å². The Bertz CT molecular complexity index is 918. The third-order valence-electron chi connectivity index (χ3n) is 4.38. The summed E-state index contributed by atoms with van der Waals surface area (Å²) in [6, 6.07) is 8.37. The number of anilines is 2. The van der Waals surface area contributed by atoms with Crippen LogP contribution in [0.2, 0.25) is 0 Å². The minimum atomic E-state index is -3.74. The molecule has 1 aliphatic rings. The van der Waals surface area contributed by atoms with Crippen molar-refractivity contribution in [2.45, 2.75) is 35.6 Å². The first-order valence-corrected chi connectivity index (χ1v) is 9.60. The topological polar surface area (TPSA) is 102 Å². The first kappa shape index (κ1) is 17.5. The standard InChI is InChI=1S/C17H23N5O2S/c1-12-11-17(2,9-10-18)22-16(20-12)14(15(19-3)21-22)25(23,24)13-7-5-4-6-8-13/h4-8,11,20H,9-10,18H2,1-3H3,(H,19,21). The first-order valence-electron chi connectivity index (χ1n) is 8.11. The third kappa shape index (κ3) is 2.81. The quantitative estimate of drug-likeness (QED) is 0.754. The molecule has 1 aromatic heterocycles. The molecule has 134 valence electrons. The third-order valence-corrected chi connectivity index (χ3v) is 6.20. The number of hydrogen-bond acceptors (Lipinski definition) is 6. The summed E-state index contributed by atoms with van der Waals surface area (Å²) in [6.07, 6.45) is 2.67. The largest absolute Gasteiger partial charge is 0.371 e. The van der Waals surface area contributed by atoms with Crippen molar-refractivity contribution in [3.05, 3.63) is 42.1 Å². The van der Waals surface area contributed by atoms with E-state index in [9.17, 15) is 8.42 Å². The minimum Gasteiger partial charge on any atom is -0.371 e. The zero-order valence-electron chi connectivity index (χ0n) is 14.6. The highest BCUT2D eigenvalue weighted by Gasteiger charge is 2.38. The maximum atomic E-state index is 13.2. The Hall–Kier alpha value is -2.32. The molecule has 3 rings (SSSR count). The second-order valence-corrected chi connectivity index (χ2v) is 8.24. The van der Waals surface area contributed by atoms with Crippen molar-refractivity contribution in [1.29, 1.82) is 0 Å². The summed E-state index contributed by atoms with van der Waals surface area (Å²) in [5, 5.41) is 10.6. The molecule has 0 radical (unpaired) electrons. The van der Waals surface area contributed by atoms with Crippen LogP contribution >= 0.6 is 0 Å². The lowest BCUT2D eigenvalue weighted by Gasteiger charge is -2.33. The summed E-state index contributed by atoms with van der Waals surface area (Å²) in [6.45, 7) is 4.37. The molecule has 0 amide bonds. The molecule has 1 atom stereocenters. The Labute approximate surface area is 147 Å². The van der Waals surface area contributed by atoms with E-state index in [1.807, 2.05) is 19.9 Å². The van der Waals surface area contributed by atoms with Gasteiger partial charge in [0.25, 0.3) is 0 Å². The summed E-state index contributed by atoms with van der Waals surface area (Å²) >= 11 is 0. The van der Waals surface area contributed by atoms with Gasteiger partial charge in [-0.1, -0.05) is 18.2 Å². The zero-order valence-corrected chi connectivity index (χ0v) is 15.4. The summed E-state index contributed by atoms with van der Waals surface area (Å²) in [5.41, 5.74) is 6.16. The van der Waals surface area contributed by atoms with Gasteiger partial charge in [-0.05, 0) is 45.0 Å². The second-order valence-electron chi connectivity index (χ2n) is 6.35. The summed E-state index contributed by atoms with van der Waals surface area (Å²) < 4.78 is 28.2. The number of nitrogens with one attached hydrogen (secondary N) is 2. The lowest BCUT2D eigenvalue weighted by atomic mass is 9.95. The predicted octanol–water partition coefficient (Wildman–Crippen LogP) is 2.15. The van der Waals surface area contributed by atoms with Crippen molar-refractivity contribution < 1.29 is 8.42 Å². The highest BCUT2D eigenvalue weighted by molar-refractivity contribution is 7.91. The van der Waals surface area contributed by atoms with Gasteiger partial charge >= 0.3 is 0 Å². The molecule has 1 aliphatic heterocycles. The van der Waals surface area contributed by atoms with Crippen molar-refractivity contribution in [2.75, 3.05) is 24.2 Å². The van der Waals surface area contributed by atoms with Crippen molar-refractivity contribution in [1.82, 2.24) is 9.78 Å². The van der Waals surface area contributed by atoms with E-state index in [2.05, 4.69) is 15.7 Å². The molecule has 0 spiro atoms. The monoisotopic (exact) mass is 361 g/mol. The average Bonchev–Trinajstić information content (AvgIpc) is 2.95. The number of nitrogens with zero attached hydrogens (tertiary/aromatic N) is 2. The van der Waals surface area contributed by atoms with Crippen LogP contribution in [0.15, 0.2) is 51.9 Å². The second kappa shape index (κ2) is 6.20. The Kier molecular flexibility index (Phi) is 4.34. The van der Waals surface area contributed by atoms with Crippen LogP contribution in [0.1, 0.15) is 20.3 Å². The number of allylic oxidation sites excluding steroid dienone is 2. The molecule has 4 N–H and O–H groups in total. The summed E-state index contributed by atoms with van der Waals surface area (Å²) in [7, 11) is -2.07. The number of hydrogen-bond donors (Lipinski definition) is 3. The van der Waals surface area contributed by atoms with Gasteiger partial charge in [-0.25, -0.2) is 13.1 Å².